The van der Waals surface area contributed by atoms with Crippen molar-refractivity contribution in [2.24, 2.45) is 10.8 Å². The van der Waals surface area contributed by atoms with E-state index in [0.29, 0.717) is 83.5 Å². The minimum Gasteiger partial charge on any atom is -0.423 e. The van der Waals surface area contributed by atoms with Crippen molar-refractivity contribution in [3.63, 3.8) is 0 Å². The molecule has 0 saturated carbocycles. The molecule has 30 nitrogen and oxygen atoms in total. The van der Waals surface area contributed by atoms with Crippen molar-refractivity contribution in [2.75, 3.05) is 14.1 Å². The van der Waals surface area contributed by atoms with Gasteiger partial charge in [0.15, 0.2) is 34.1 Å². The number of aryl methyl sites for hydroxylation is 1. The minimum absolute atomic E-state index is 0.152. The number of nitrogens with two attached hydrogens (primary N) is 1. The van der Waals surface area contributed by atoms with Gasteiger partial charge in [0, 0.05) is 109 Å². The summed E-state index contributed by atoms with van der Waals surface area (Å²) < 4.78 is 11.6. The molecule has 7 N–H and O–H groups in total. The second-order valence-electron chi connectivity index (χ2n) is 25.2. The molecular formula is C85H70BBrCl2N26O4S2. The highest BCUT2D eigenvalue weighted by Gasteiger charge is 2.14. The van der Waals surface area contributed by atoms with Crippen LogP contribution in [0.1, 0.15) is 58.3 Å². The van der Waals surface area contributed by atoms with Gasteiger partial charge in [0.25, 0.3) is 11.8 Å². The van der Waals surface area contributed by atoms with Gasteiger partial charge in [-0.05, 0) is 138 Å². The van der Waals surface area contributed by atoms with E-state index in [4.69, 9.17) is 89.4 Å². The highest BCUT2D eigenvalue weighted by atomic mass is 79.9. The molecule has 0 aliphatic rings. The molecule has 0 spiro atoms. The monoisotopic (exact) mass is 1740 g/mol. The Morgan fingerprint density at radius 2 is 0.769 bits per heavy atom. The van der Waals surface area contributed by atoms with Crippen LogP contribution in [0.3, 0.4) is 0 Å². The molecular weight excluding hydrogens is 1670 g/mol. The Labute approximate surface area is 722 Å². The van der Waals surface area contributed by atoms with Crippen molar-refractivity contribution in [3.8, 4) is 34.1 Å². The molecule has 2 amide bonds. The average molecular weight is 1750 g/mol. The average Bonchev–Trinajstić information content (AvgIpc) is 1.79. The number of nitrogens with one attached hydrogen (secondary N) is 3. The summed E-state index contributed by atoms with van der Waals surface area (Å²) in [5, 5.41) is 60.6. The maximum Gasteiger partial charge on any atom is 0.488 e. The number of halogens is 3. The maximum absolute atomic E-state index is 12.1. The lowest BCUT2D eigenvalue weighted by Crippen LogP contribution is -2.29. The van der Waals surface area contributed by atoms with E-state index in [1.54, 1.807) is 161 Å². The predicted molar refractivity (Wildman–Crippen MR) is 475 cm³/mol. The third kappa shape index (κ3) is 27.5. The molecule has 0 aliphatic carbocycles. The lowest BCUT2D eigenvalue weighted by molar-refractivity contribution is 0.0947. The van der Waals surface area contributed by atoms with Crippen LogP contribution in [0.15, 0.2) is 274 Å². The lowest BCUT2D eigenvalue weighted by atomic mass is 9.80. The lowest BCUT2D eigenvalue weighted by Gasteiger charge is -2.13. The van der Waals surface area contributed by atoms with Crippen LogP contribution < -0.4 is 21.8 Å². The number of carbonyl (C=O) groups excluding carboxylic acids is 2. The zero-order valence-electron chi connectivity index (χ0n) is 64.6. The quantitative estimate of drug-likeness (QED) is 0.00682. The van der Waals surface area contributed by atoms with Gasteiger partial charge in [-0.1, -0.05) is 129 Å². The van der Waals surface area contributed by atoms with Crippen molar-refractivity contribution >= 4 is 126 Å². The first-order valence-corrected chi connectivity index (χ1v) is 39.3. The highest BCUT2D eigenvalue weighted by Crippen LogP contribution is 2.25. The molecule has 0 fully saturated rings. The van der Waals surface area contributed by atoms with Gasteiger partial charge in [-0.2, -0.15) is 30.6 Å². The van der Waals surface area contributed by atoms with Crippen LogP contribution >= 0.6 is 61.8 Å². The Kier molecular flexibility index (Phi) is 34.1. The summed E-state index contributed by atoms with van der Waals surface area (Å²) in [6, 6.07) is 56.8. The SMILES string of the molecule is CN(C)C(=N)c1ccc(-n2cc(CNC(=O)c3ccc(Cl)s3)cn2)cc1.[C-]#[N+]c1ccc(-n2cc(C)cn2)cc1.[C-]#[N+]c1ccc(-n2cc(CBr)cn2)cc1.[C-]#[N+]c1ccc(-n2cc(CN)cn2)cc1.[C-]#[N+]c1ccc(-n2cc(CN=[N+]=[N-])cn2)cc1.[C-]#[N+]c1ccc(-n2cc(CNC(=O)c3ccc(Cl)s3)cn2)cc1.[C-]#[N+]c1ccc(B(O)O)cc1. The number of nitrogens with zero attached hydrogens (tertiary/aromatic N) is 22. The number of alkyl halides is 1. The Bertz CT molecular complexity index is 6150. The summed E-state index contributed by atoms with van der Waals surface area (Å²) >= 11 is 17.5. The normalized spacial score (nSPS) is 9.91. The number of amides is 2. The Morgan fingerprint density at radius 3 is 1.05 bits per heavy atom. The van der Waals surface area contributed by atoms with Gasteiger partial charge in [0.2, 0.25) is 0 Å². The number of hydrogen-bond acceptors (Lipinski definition) is 15. The molecule has 8 aromatic heterocycles. The van der Waals surface area contributed by atoms with Crippen LogP contribution in [0, 0.1) is 51.8 Å². The Balaban J connectivity index is 0.000000163. The molecule has 0 bridgehead atoms. The summed E-state index contributed by atoms with van der Waals surface area (Å²) in [5.41, 5.74) is 29.9. The van der Waals surface area contributed by atoms with E-state index in [2.05, 4.69) is 96.3 Å². The van der Waals surface area contributed by atoms with Crippen LogP contribution in [0.5, 0.6) is 0 Å². The van der Waals surface area contributed by atoms with Crippen molar-refractivity contribution in [1.29, 1.82) is 5.41 Å². The van der Waals surface area contributed by atoms with Gasteiger partial charge in [0.05, 0.1) is 136 Å². The number of rotatable bonds is 18. The summed E-state index contributed by atoms with van der Waals surface area (Å²) in [6.45, 7) is 44.5. The second-order valence-corrected chi connectivity index (χ2v) is 29.2. The van der Waals surface area contributed by atoms with Crippen LogP contribution in [-0.4, -0.2) is 112 Å². The maximum atomic E-state index is 12.1. The predicted octanol–water partition coefficient (Wildman–Crippen LogP) is 18.6. The van der Waals surface area contributed by atoms with Crippen LogP contribution in [0.4, 0.5) is 34.1 Å². The smallest absolute Gasteiger partial charge is 0.423 e. The molecule has 15 aromatic rings. The number of benzene rings is 7. The van der Waals surface area contributed by atoms with Crippen molar-refractivity contribution < 1.29 is 19.6 Å². The molecule has 7 aromatic carbocycles. The van der Waals surface area contributed by atoms with E-state index >= 15 is 0 Å². The number of aromatic nitrogens is 12. The van der Waals surface area contributed by atoms with Gasteiger partial charge in [-0.3, -0.25) is 15.0 Å². The number of hydrogen-bond donors (Lipinski definition) is 6. The largest absolute Gasteiger partial charge is 0.488 e. The molecule has 121 heavy (non-hydrogen) atoms. The van der Waals surface area contributed by atoms with E-state index in [1.807, 2.05) is 149 Å². The van der Waals surface area contributed by atoms with Crippen molar-refractivity contribution in [1.82, 2.24) is 74.2 Å². The van der Waals surface area contributed by atoms with Gasteiger partial charge in [-0.15, -0.1) is 22.7 Å². The molecule has 36 heteroatoms. The zero-order chi connectivity index (χ0) is 86.6. The fourth-order valence-electron chi connectivity index (χ4n) is 10.2. The number of azide groups is 1. The van der Waals surface area contributed by atoms with E-state index < -0.39 is 7.12 Å². The number of thiophene rings is 2. The third-order valence-corrected chi connectivity index (χ3v) is 19.6. The number of amidine groups is 1. The molecule has 8 heterocycles. The van der Waals surface area contributed by atoms with Crippen LogP contribution in [0.2, 0.25) is 8.67 Å². The van der Waals surface area contributed by atoms with E-state index in [0.717, 1.165) is 78.4 Å². The summed E-state index contributed by atoms with van der Waals surface area (Å²) in [6.07, 6.45) is 21.7. The highest BCUT2D eigenvalue weighted by molar-refractivity contribution is 9.08. The Hall–Kier alpha value is -15.1. The molecule has 15 rings (SSSR count). The van der Waals surface area contributed by atoms with Crippen molar-refractivity contribution in [3.05, 3.63) is 405 Å². The van der Waals surface area contributed by atoms with E-state index in [1.165, 1.54) is 34.8 Å². The van der Waals surface area contributed by atoms with Gasteiger partial charge in [0.1, 0.15) is 5.84 Å². The van der Waals surface area contributed by atoms with Gasteiger partial charge in [-0.25, -0.2) is 57.2 Å². The molecule has 0 atom stereocenters. The van der Waals surface area contributed by atoms with E-state index in [9.17, 15) is 9.59 Å². The fourth-order valence-corrected chi connectivity index (χ4v) is 12.4. The van der Waals surface area contributed by atoms with E-state index in [-0.39, 0.29) is 18.4 Å². The number of carbonyl (C=O) groups is 2. The topological polar surface area (TPSA) is 334 Å². The molecule has 0 aliphatic heterocycles. The molecule has 0 unspecified atom stereocenters. The summed E-state index contributed by atoms with van der Waals surface area (Å²) in [7, 11) is 2.23. The zero-order valence-corrected chi connectivity index (χ0v) is 69.3. The first kappa shape index (κ1) is 89.8. The third-order valence-electron chi connectivity index (χ3n) is 16.5. The van der Waals surface area contributed by atoms with Gasteiger partial charge >= 0.3 is 7.12 Å². The first-order valence-electron chi connectivity index (χ1n) is 35.8. The molecule has 0 radical (unpaired) electrons. The fraction of sp³-hybridized carbons (Fsp3) is 0.0941. The molecule has 600 valence electrons. The van der Waals surface area contributed by atoms with Crippen LogP contribution in [-0.2, 0) is 31.5 Å². The summed E-state index contributed by atoms with van der Waals surface area (Å²) in [4.78, 5) is 49.5. The second kappa shape index (κ2) is 46.0. The standard InChI is InChI=1S/C18H18ClN5OS.C16H11ClN4OS.C11H8BrN3.C11H8N6.C11H10N4.C11H9N3.C7H6BNO2/c1-23(2)17(20)13-3-5-14(6-4-13)24-11-12(10-22-24)9-21-18(25)15-7-8-16(19)26-15;1-18-12-2-4-13(5-3-12)21-10-11(9-20-21)8-19-16(22)14-6-7-15(17)23-14;1-13-10-2-4-11(5-3-10)15-8-9(6-12)7-14-15;1-13-10-2-4-11(5-3-10)17-8-9(7-15-17)6-14-16-12;1-13-10-2-4-11(5-3-10)15-8-9(6-12)7-14-15;1-9-7-13-14(8-9)11-5-3-10(12-2)4-6-11;1-9-7-4-2-6(3-5-7)8(10)11/h3-8,10-11,20H,9H2,1-2H3,(H,21,25);2-7,9-10H,8H2,(H,19,22);2-5,7-8H,6H2;2-5,7-8H,6H2;2-5,7-8H,6,12H2;3-8H,1H3;2-5,10-11H. The first-order chi connectivity index (χ1) is 58.6. The van der Waals surface area contributed by atoms with Crippen molar-refractivity contribution in [2.45, 2.75) is 38.4 Å². The minimum atomic E-state index is -1.45. The van der Waals surface area contributed by atoms with Crippen LogP contribution in [0.25, 0.3) is 73.6 Å². The Morgan fingerprint density at radius 1 is 0.471 bits per heavy atom. The molecule has 0 saturated heterocycles. The van der Waals surface area contributed by atoms with Gasteiger partial charge < -0.3 is 31.3 Å². The summed E-state index contributed by atoms with van der Waals surface area (Å²) in [5.74, 6) is 0.145.